The smallest absolute Gasteiger partial charge is 0.257 e. The Morgan fingerprint density at radius 1 is 1.10 bits per heavy atom. The molecule has 20 heavy (non-hydrogen) atoms. The third kappa shape index (κ3) is 3.34. The summed E-state index contributed by atoms with van der Waals surface area (Å²) in [5.74, 6) is 5.15. The van der Waals surface area contributed by atoms with Crippen molar-refractivity contribution in [2.24, 2.45) is 5.84 Å². The highest BCUT2D eigenvalue weighted by Crippen LogP contribution is 2.16. The van der Waals surface area contributed by atoms with Crippen LogP contribution in [0.2, 0.25) is 0 Å². The summed E-state index contributed by atoms with van der Waals surface area (Å²) in [6.45, 7) is 0.112. The van der Waals surface area contributed by atoms with Crippen molar-refractivity contribution in [3.05, 3.63) is 59.7 Å². The van der Waals surface area contributed by atoms with Gasteiger partial charge in [-0.15, -0.1) is 0 Å². The zero-order chi connectivity index (χ0) is 14.4. The Morgan fingerprint density at radius 2 is 1.80 bits per heavy atom. The van der Waals surface area contributed by atoms with Crippen molar-refractivity contribution in [3.8, 4) is 0 Å². The highest BCUT2D eigenvalue weighted by atomic mass is 16.2. The summed E-state index contributed by atoms with van der Waals surface area (Å²) < 4.78 is 0. The Balaban J connectivity index is 2.11. The van der Waals surface area contributed by atoms with Gasteiger partial charge in [-0.2, -0.15) is 0 Å². The number of rotatable bonds is 5. The van der Waals surface area contributed by atoms with Crippen molar-refractivity contribution < 1.29 is 9.90 Å². The monoisotopic (exact) mass is 271 g/mol. The van der Waals surface area contributed by atoms with E-state index in [9.17, 15) is 4.79 Å². The third-order valence-electron chi connectivity index (χ3n) is 2.94. The Hall–Kier alpha value is -2.37. The Kier molecular flexibility index (Phi) is 4.70. The molecule has 0 saturated carbocycles. The van der Waals surface area contributed by atoms with Crippen LogP contribution < -0.4 is 16.6 Å². The maximum atomic E-state index is 12.2. The lowest BCUT2D eigenvalue weighted by molar-refractivity contribution is 0.102. The Labute approximate surface area is 117 Å². The Bertz CT molecular complexity index is 582. The molecule has 0 atom stereocenters. The number of amides is 1. The normalized spacial score (nSPS) is 10.1. The van der Waals surface area contributed by atoms with Crippen molar-refractivity contribution in [2.45, 2.75) is 6.42 Å². The molecule has 5 heteroatoms. The molecule has 0 aliphatic rings. The SMILES string of the molecule is NNc1ccccc1C(=O)Nc1ccc(CCO)cc1. The van der Waals surface area contributed by atoms with E-state index in [1.807, 2.05) is 12.1 Å². The van der Waals surface area contributed by atoms with Crippen LogP contribution in [0.15, 0.2) is 48.5 Å². The van der Waals surface area contributed by atoms with Crippen LogP contribution in [0.25, 0.3) is 0 Å². The summed E-state index contributed by atoms with van der Waals surface area (Å²) in [4.78, 5) is 12.2. The minimum absolute atomic E-state index is 0.112. The fourth-order valence-electron chi connectivity index (χ4n) is 1.89. The molecule has 1 amide bonds. The maximum absolute atomic E-state index is 12.2. The van der Waals surface area contributed by atoms with Gasteiger partial charge in [-0.25, -0.2) is 0 Å². The zero-order valence-corrected chi connectivity index (χ0v) is 11.0. The van der Waals surface area contributed by atoms with Crippen LogP contribution in [0.5, 0.6) is 0 Å². The van der Waals surface area contributed by atoms with Crippen LogP contribution in [0.4, 0.5) is 11.4 Å². The molecule has 0 aromatic heterocycles. The number of hydrazine groups is 1. The first-order chi connectivity index (χ1) is 9.74. The summed E-state index contributed by atoms with van der Waals surface area (Å²) in [5, 5.41) is 11.7. The van der Waals surface area contributed by atoms with E-state index in [0.29, 0.717) is 23.4 Å². The minimum atomic E-state index is -0.228. The van der Waals surface area contributed by atoms with E-state index in [2.05, 4.69) is 10.7 Å². The van der Waals surface area contributed by atoms with Crippen LogP contribution in [0, 0.1) is 0 Å². The highest BCUT2D eigenvalue weighted by Gasteiger charge is 2.10. The lowest BCUT2D eigenvalue weighted by atomic mass is 10.1. The average molecular weight is 271 g/mol. The van der Waals surface area contributed by atoms with Crippen molar-refractivity contribution in [1.82, 2.24) is 0 Å². The second-order valence-electron chi connectivity index (χ2n) is 4.31. The fourth-order valence-corrected chi connectivity index (χ4v) is 1.89. The van der Waals surface area contributed by atoms with E-state index in [1.165, 1.54) is 0 Å². The van der Waals surface area contributed by atoms with Gasteiger partial charge in [0.05, 0.1) is 11.3 Å². The number of hydrogen-bond acceptors (Lipinski definition) is 4. The molecule has 0 fully saturated rings. The van der Waals surface area contributed by atoms with Gasteiger partial charge in [0.15, 0.2) is 0 Å². The molecule has 0 radical (unpaired) electrons. The number of anilines is 2. The molecule has 0 saturated heterocycles. The summed E-state index contributed by atoms with van der Waals surface area (Å²) in [6.07, 6.45) is 0.605. The maximum Gasteiger partial charge on any atom is 0.257 e. The molecule has 2 aromatic rings. The summed E-state index contributed by atoms with van der Waals surface area (Å²) >= 11 is 0. The number of aliphatic hydroxyl groups excluding tert-OH is 1. The molecule has 0 aliphatic heterocycles. The molecule has 0 spiro atoms. The minimum Gasteiger partial charge on any atom is -0.396 e. The number of carbonyl (C=O) groups excluding carboxylic acids is 1. The first-order valence-electron chi connectivity index (χ1n) is 6.31. The van der Waals surface area contributed by atoms with E-state index < -0.39 is 0 Å². The van der Waals surface area contributed by atoms with E-state index in [-0.39, 0.29) is 12.5 Å². The highest BCUT2D eigenvalue weighted by molar-refractivity contribution is 6.07. The molecule has 2 rings (SSSR count). The first-order valence-corrected chi connectivity index (χ1v) is 6.31. The van der Waals surface area contributed by atoms with E-state index >= 15 is 0 Å². The van der Waals surface area contributed by atoms with Crippen LogP contribution in [0.1, 0.15) is 15.9 Å². The Morgan fingerprint density at radius 3 is 2.45 bits per heavy atom. The van der Waals surface area contributed by atoms with E-state index in [1.54, 1.807) is 36.4 Å². The van der Waals surface area contributed by atoms with Gasteiger partial charge in [-0.1, -0.05) is 24.3 Å². The standard InChI is InChI=1S/C15H17N3O2/c16-18-14-4-2-1-3-13(14)15(20)17-12-7-5-11(6-8-12)9-10-19/h1-8,18-19H,9-10,16H2,(H,17,20). The van der Waals surface area contributed by atoms with Crippen molar-refractivity contribution in [3.63, 3.8) is 0 Å². The molecular formula is C15H17N3O2. The second-order valence-corrected chi connectivity index (χ2v) is 4.31. The average Bonchev–Trinajstić information content (AvgIpc) is 2.49. The number of nitrogen functional groups attached to an aromatic ring is 1. The number of aliphatic hydroxyl groups is 1. The topological polar surface area (TPSA) is 87.4 Å². The van der Waals surface area contributed by atoms with Gasteiger partial charge in [-0.05, 0) is 36.2 Å². The number of para-hydroxylation sites is 1. The molecule has 104 valence electrons. The molecule has 0 unspecified atom stereocenters. The number of nitrogens with two attached hydrogens (primary N) is 1. The number of nitrogens with one attached hydrogen (secondary N) is 2. The molecular weight excluding hydrogens is 254 g/mol. The van der Waals surface area contributed by atoms with Crippen LogP contribution >= 0.6 is 0 Å². The van der Waals surface area contributed by atoms with Gasteiger partial charge in [0, 0.05) is 12.3 Å². The van der Waals surface area contributed by atoms with E-state index in [4.69, 9.17) is 10.9 Å². The van der Waals surface area contributed by atoms with Gasteiger partial charge in [0.2, 0.25) is 0 Å². The molecule has 0 aliphatic carbocycles. The number of benzene rings is 2. The molecule has 5 N–H and O–H groups in total. The predicted octanol–water partition coefficient (Wildman–Crippen LogP) is 1.76. The molecule has 0 bridgehead atoms. The summed E-state index contributed by atoms with van der Waals surface area (Å²) in [7, 11) is 0. The molecule has 0 heterocycles. The van der Waals surface area contributed by atoms with Crippen LogP contribution in [-0.2, 0) is 6.42 Å². The molecule has 2 aromatic carbocycles. The second kappa shape index (κ2) is 6.70. The van der Waals surface area contributed by atoms with Crippen LogP contribution in [0.3, 0.4) is 0 Å². The summed E-state index contributed by atoms with van der Waals surface area (Å²) in [5.41, 5.74) is 5.27. The van der Waals surface area contributed by atoms with E-state index in [0.717, 1.165) is 5.56 Å². The largest absolute Gasteiger partial charge is 0.396 e. The lowest BCUT2D eigenvalue weighted by Gasteiger charge is -2.09. The fraction of sp³-hybridized carbons (Fsp3) is 0.133. The molecule has 5 nitrogen and oxygen atoms in total. The van der Waals surface area contributed by atoms with Gasteiger partial charge >= 0.3 is 0 Å². The number of hydrogen-bond donors (Lipinski definition) is 4. The van der Waals surface area contributed by atoms with Crippen molar-refractivity contribution in [2.75, 3.05) is 17.3 Å². The van der Waals surface area contributed by atoms with Gasteiger partial charge in [0.25, 0.3) is 5.91 Å². The van der Waals surface area contributed by atoms with Gasteiger partial charge in [-0.3, -0.25) is 10.6 Å². The zero-order valence-electron chi connectivity index (χ0n) is 11.0. The third-order valence-corrected chi connectivity index (χ3v) is 2.94. The van der Waals surface area contributed by atoms with Gasteiger partial charge < -0.3 is 15.8 Å². The van der Waals surface area contributed by atoms with Gasteiger partial charge in [0.1, 0.15) is 0 Å². The van der Waals surface area contributed by atoms with Crippen molar-refractivity contribution >= 4 is 17.3 Å². The number of carbonyl (C=O) groups is 1. The van der Waals surface area contributed by atoms with Crippen LogP contribution in [-0.4, -0.2) is 17.6 Å². The quantitative estimate of drug-likeness (QED) is 0.493. The lowest BCUT2D eigenvalue weighted by Crippen LogP contribution is -2.17. The van der Waals surface area contributed by atoms with Crippen molar-refractivity contribution in [1.29, 1.82) is 0 Å². The summed E-state index contributed by atoms with van der Waals surface area (Å²) in [6, 6.07) is 14.4. The first kappa shape index (κ1) is 14.0. The predicted molar refractivity (Wildman–Crippen MR) is 79.4 cm³/mol.